The summed E-state index contributed by atoms with van der Waals surface area (Å²) < 4.78 is 1.70. The van der Waals surface area contributed by atoms with Gasteiger partial charge in [0.05, 0.1) is 5.02 Å². The molecule has 0 bridgehead atoms. The molecule has 0 unspecified atom stereocenters. The summed E-state index contributed by atoms with van der Waals surface area (Å²) in [6.07, 6.45) is 3.97. The zero-order chi connectivity index (χ0) is 12.4. The molecule has 94 valence electrons. The van der Waals surface area contributed by atoms with Crippen LogP contribution in [0.4, 0.5) is 0 Å². The highest BCUT2D eigenvalue weighted by molar-refractivity contribution is 6.33. The lowest BCUT2D eigenvalue weighted by Gasteiger charge is -2.30. The topological polar surface area (TPSA) is 38.1 Å². The Balaban J connectivity index is 2.15. The van der Waals surface area contributed by atoms with Crippen molar-refractivity contribution in [2.75, 3.05) is 13.1 Å². The Morgan fingerprint density at radius 2 is 2.41 bits per heavy atom. The fourth-order valence-electron chi connectivity index (χ4n) is 2.23. The molecule has 1 aromatic heterocycles. The largest absolute Gasteiger partial charge is 0.337 e. The lowest BCUT2D eigenvalue weighted by atomic mass is 10.0. The summed E-state index contributed by atoms with van der Waals surface area (Å²) in [4.78, 5) is 14.1. The molecule has 0 aromatic carbocycles. The Morgan fingerprint density at radius 3 is 3.00 bits per heavy atom. The van der Waals surface area contributed by atoms with Gasteiger partial charge >= 0.3 is 0 Å². The number of piperidine rings is 1. The summed E-state index contributed by atoms with van der Waals surface area (Å²) in [5.41, 5.74) is 0.391. The molecule has 1 fully saturated rings. The summed E-state index contributed by atoms with van der Waals surface area (Å²) in [5.74, 6) is 0.536. The first-order valence-corrected chi connectivity index (χ1v) is 6.51. The van der Waals surface area contributed by atoms with Gasteiger partial charge in [0.2, 0.25) is 0 Å². The van der Waals surface area contributed by atoms with Crippen molar-refractivity contribution in [3.8, 4) is 0 Å². The SMILES string of the molecule is CCn1cc(Cl)c(C(=O)N2CCC[C@H](C)C2)n1. The van der Waals surface area contributed by atoms with Gasteiger partial charge in [-0.3, -0.25) is 9.48 Å². The average Bonchev–Trinajstić information content (AvgIpc) is 2.69. The van der Waals surface area contributed by atoms with E-state index in [1.807, 2.05) is 11.8 Å². The molecule has 17 heavy (non-hydrogen) atoms. The van der Waals surface area contributed by atoms with Gasteiger partial charge < -0.3 is 4.90 Å². The number of amides is 1. The van der Waals surface area contributed by atoms with Crippen molar-refractivity contribution >= 4 is 17.5 Å². The lowest BCUT2D eigenvalue weighted by Crippen LogP contribution is -2.39. The van der Waals surface area contributed by atoms with Gasteiger partial charge in [0.25, 0.3) is 5.91 Å². The van der Waals surface area contributed by atoms with Crippen molar-refractivity contribution in [3.05, 3.63) is 16.9 Å². The Labute approximate surface area is 107 Å². The quantitative estimate of drug-likeness (QED) is 0.814. The van der Waals surface area contributed by atoms with Gasteiger partial charge in [-0.05, 0) is 25.7 Å². The van der Waals surface area contributed by atoms with E-state index in [0.29, 0.717) is 16.6 Å². The van der Waals surface area contributed by atoms with Gasteiger partial charge in [0, 0.05) is 25.8 Å². The minimum Gasteiger partial charge on any atom is -0.337 e. The second-order valence-electron chi connectivity index (χ2n) is 4.68. The Hall–Kier alpha value is -1.03. The summed E-state index contributed by atoms with van der Waals surface area (Å²) >= 11 is 6.04. The van der Waals surface area contributed by atoms with E-state index in [4.69, 9.17) is 11.6 Å². The minimum absolute atomic E-state index is 0.0336. The summed E-state index contributed by atoms with van der Waals surface area (Å²) in [7, 11) is 0. The van der Waals surface area contributed by atoms with E-state index in [2.05, 4.69) is 12.0 Å². The predicted molar refractivity (Wildman–Crippen MR) is 67.2 cm³/mol. The molecular formula is C12H18ClN3O. The second-order valence-corrected chi connectivity index (χ2v) is 5.09. The standard InChI is InChI=1S/C12H18ClN3O/c1-3-16-8-10(13)11(14-16)12(17)15-6-4-5-9(2)7-15/h8-9H,3-7H2,1-2H3/t9-/m0/s1. The molecule has 2 heterocycles. The maximum Gasteiger partial charge on any atom is 0.275 e. The number of rotatable bonds is 2. The molecule has 0 saturated carbocycles. The van der Waals surface area contributed by atoms with Crippen LogP contribution in [-0.4, -0.2) is 33.7 Å². The fourth-order valence-corrected chi connectivity index (χ4v) is 2.46. The molecule has 5 heteroatoms. The monoisotopic (exact) mass is 255 g/mol. The average molecular weight is 256 g/mol. The van der Waals surface area contributed by atoms with Gasteiger partial charge in [-0.1, -0.05) is 18.5 Å². The van der Waals surface area contributed by atoms with E-state index >= 15 is 0 Å². The highest BCUT2D eigenvalue weighted by atomic mass is 35.5. The van der Waals surface area contributed by atoms with Crippen molar-refractivity contribution in [1.29, 1.82) is 0 Å². The van der Waals surface area contributed by atoms with Gasteiger partial charge in [-0.15, -0.1) is 0 Å². The van der Waals surface area contributed by atoms with Crippen molar-refractivity contribution in [1.82, 2.24) is 14.7 Å². The third kappa shape index (κ3) is 2.63. The van der Waals surface area contributed by atoms with Gasteiger partial charge in [0.15, 0.2) is 5.69 Å². The molecule has 4 nitrogen and oxygen atoms in total. The van der Waals surface area contributed by atoms with E-state index in [-0.39, 0.29) is 5.91 Å². The van der Waals surface area contributed by atoms with Crippen LogP contribution in [0.5, 0.6) is 0 Å². The highest BCUT2D eigenvalue weighted by Crippen LogP contribution is 2.21. The van der Waals surface area contributed by atoms with Crippen LogP contribution in [0.15, 0.2) is 6.20 Å². The zero-order valence-corrected chi connectivity index (χ0v) is 11.1. The fraction of sp³-hybridized carbons (Fsp3) is 0.667. The molecule has 1 atom stereocenters. The highest BCUT2D eigenvalue weighted by Gasteiger charge is 2.25. The number of aryl methyl sites for hydroxylation is 1. The third-order valence-corrected chi connectivity index (χ3v) is 3.46. The molecule has 1 aliphatic rings. The van der Waals surface area contributed by atoms with E-state index in [0.717, 1.165) is 26.1 Å². The normalized spacial score (nSPS) is 20.6. The number of aromatic nitrogens is 2. The Kier molecular flexibility index (Phi) is 3.72. The smallest absolute Gasteiger partial charge is 0.275 e. The maximum atomic E-state index is 12.3. The number of likely N-dealkylation sites (tertiary alicyclic amines) is 1. The van der Waals surface area contributed by atoms with E-state index < -0.39 is 0 Å². The summed E-state index contributed by atoms with van der Waals surface area (Å²) in [6, 6.07) is 0. The van der Waals surface area contributed by atoms with Crippen LogP contribution in [0.3, 0.4) is 0 Å². The van der Waals surface area contributed by atoms with Crippen LogP contribution in [0.25, 0.3) is 0 Å². The number of carbonyl (C=O) groups is 1. The van der Waals surface area contributed by atoms with Crippen molar-refractivity contribution in [3.63, 3.8) is 0 Å². The van der Waals surface area contributed by atoms with Crippen LogP contribution < -0.4 is 0 Å². The molecule has 1 amide bonds. The first-order valence-electron chi connectivity index (χ1n) is 6.14. The number of hydrogen-bond donors (Lipinski definition) is 0. The number of nitrogens with zero attached hydrogens (tertiary/aromatic N) is 3. The van der Waals surface area contributed by atoms with Crippen LogP contribution in [0, 0.1) is 5.92 Å². The molecule has 2 rings (SSSR count). The van der Waals surface area contributed by atoms with Gasteiger partial charge in [-0.25, -0.2) is 0 Å². The Bertz CT molecular complexity index is 416. The van der Waals surface area contributed by atoms with E-state index in [1.54, 1.807) is 10.9 Å². The molecule has 0 aliphatic carbocycles. The molecule has 0 radical (unpaired) electrons. The Morgan fingerprint density at radius 1 is 1.65 bits per heavy atom. The number of hydrogen-bond acceptors (Lipinski definition) is 2. The lowest BCUT2D eigenvalue weighted by molar-refractivity contribution is 0.0676. The van der Waals surface area contributed by atoms with Gasteiger partial charge in [-0.2, -0.15) is 5.10 Å². The van der Waals surface area contributed by atoms with Crippen LogP contribution in [-0.2, 0) is 6.54 Å². The van der Waals surface area contributed by atoms with E-state index in [9.17, 15) is 4.79 Å². The minimum atomic E-state index is -0.0336. The van der Waals surface area contributed by atoms with Crippen molar-refractivity contribution in [2.45, 2.75) is 33.2 Å². The molecule has 0 N–H and O–H groups in total. The molecule has 1 aromatic rings. The van der Waals surface area contributed by atoms with E-state index in [1.165, 1.54) is 6.42 Å². The van der Waals surface area contributed by atoms with Crippen LogP contribution in [0.1, 0.15) is 37.2 Å². The summed E-state index contributed by atoms with van der Waals surface area (Å²) in [5, 5.41) is 4.68. The van der Waals surface area contributed by atoms with Crippen LogP contribution >= 0.6 is 11.6 Å². The van der Waals surface area contributed by atoms with Crippen LogP contribution in [0.2, 0.25) is 5.02 Å². The molecule has 1 aliphatic heterocycles. The molecular weight excluding hydrogens is 238 g/mol. The van der Waals surface area contributed by atoms with Crippen molar-refractivity contribution < 1.29 is 4.79 Å². The summed E-state index contributed by atoms with van der Waals surface area (Å²) in [6.45, 7) is 6.50. The molecule has 1 saturated heterocycles. The number of carbonyl (C=O) groups excluding carboxylic acids is 1. The first kappa shape index (κ1) is 12.4. The van der Waals surface area contributed by atoms with Gasteiger partial charge in [0.1, 0.15) is 0 Å². The molecule has 0 spiro atoms. The second kappa shape index (κ2) is 5.08. The van der Waals surface area contributed by atoms with Crippen molar-refractivity contribution in [2.24, 2.45) is 5.92 Å². The predicted octanol–water partition coefficient (Wildman–Crippen LogP) is 2.43. The first-order chi connectivity index (χ1) is 8.11. The maximum absolute atomic E-state index is 12.3. The third-order valence-electron chi connectivity index (χ3n) is 3.19. The zero-order valence-electron chi connectivity index (χ0n) is 10.3. The number of halogens is 1.